The lowest BCUT2D eigenvalue weighted by Crippen LogP contribution is -2.24. The number of benzene rings is 1. The summed E-state index contributed by atoms with van der Waals surface area (Å²) in [5, 5.41) is 0. The van der Waals surface area contributed by atoms with E-state index in [2.05, 4.69) is 13.8 Å². The molecule has 0 aromatic heterocycles. The molecule has 0 aliphatic rings. The van der Waals surface area contributed by atoms with Crippen molar-refractivity contribution in [1.82, 2.24) is 0 Å². The van der Waals surface area contributed by atoms with Crippen molar-refractivity contribution in [3.8, 4) is 0 Å². The minimum absolute atomic E-state index is 0.235. The first-order valence-electron chi connectivity index (χ1n) is 4.96. The molecule has 0 radical (unpaired) electrons. The Morgan fingerprint density at radius 2 is 1.79 bits per heavy atom. The normalized spacial score (nSPS) is 11.3. The number of thioether (sulfide) groups is 1. The van der Waals surface area contributed by atoms with Crippen molar-refractivity contribution < 1.29 is 4.79 Å². The van der Waals surface area contributed by atoms with E-state index in [1.165, 1.54) is 4.90 Å². The number of hydrogen-bond acceptors (Lipinski definition) is 2. The highest BCUT2D eigenvalue weighted by atomic mass is 32.2. The van der Waals surface area contributed by atoms with Crippen LogP contribution in [0.15, 0.2) is 35.2 Å². The van der Waals surface area contributed by atoms with Crippen LogP contribution in [0.2, 0.25) is 0 Å². The summed E-state index contributed by atoms with van der Waals surface area (Å²) in [6, 6.07) is 10.1. The predicted octanol–water partition coefficient (Wildman–Crippen LogP) is 3.54. The molecule has 0 fully saturated rings. The van der Waals surface area contributed by atoms with Crippen LogP contribution in [0.1, 0.15) is 26.7 Å². The second-order valence-electron chi connectivity index (χ2n) is 3.30. The van der Waals surface area contributed by atoms with Gasteiger partial charge >= 0.3 is 0 Å². The van der Waals surface area contributed by atoms with Gasteiger partial charge in [0.05, 0.1) is 4.75 Å². The van der Waals surface area contributed by atoms with Crippen molar-refractivity contribution in [2.75, 3.05) is 0 Å². The molecule has 0 amide bonds. The minimum Gasteiger partial charge on any atom is -0.302 e. The van der Waals surface area contributed by atoms with Crippen LogP contribution in [0.25, 0.3) is 0 Å². The number of rotatable bonds is 5. The van der Waals surface area contributed by atoms with Crippen LogP contribution in [0.3, 0.4) is 0 Å². The third-order valence-corrected chi connectivity index (χ3v) is 4.06. The van der Waals surface area contributed by atoms with Gasteiger partial charge in [0.2, 0.25) is 0 Å². The number of aldehydes is 1. The molecule has 0 N–H and O–H groups in total. The first-order valence-corrected chi connectivity index (χ1v) is 5.78. The maximum atomic E-state index is 11.1. The highest BCUT2D eigenvalue weighted by Gasteiger charge is 2.26. The Bertz CT molecular complexity index is 278. The first-order chi connectivity index (χ1) is 6.76. The Hall–Kier alpha value is -0.760. The van der Waals surface area contributed by atoms with E-state index in [1.54, 1.807) is 11.8 Å². The highest BCUT2D eigenvalue weighted by molar-refractivity contribution is 8.01. The molecule has 0 spiro atoms. The lowest BCUT2D eigenvalue weighted by molar-refractivity contribution is -0.109. The fraction of sp³-hybridized carbons (Fsp3) is 0.417. The van der Waals surface area contributed by atoms with E-state index < -0.39 is 0 Å². The van der Waals surface area contributed by atoms with Gasteiger partial charge in [0.1, 0.15) is 6.29 Å². The monoisotopic (exact) mass is 208 g/mol. The Morgan fingerprint density at radius 3 is 2.21 bits per heavy atom. The molecule has 0 atom stereocenters. The quantitative estimate of drug-likeness (QED) is 0.544. The van der Waals surface area contributed by atoms with E-state index in [4.69, 9.17) is 0 Å². The Morgan fingerprint density at radius 1 is 1.21 bits per heavy atom. The van der Waals surface area contributed by atoms with Gasteiger partial charge in [-0.1, -0.05) is 32.0 Å². The first kappa shape index (κ1) is 11.3. The zero-order chi connectivity index (χ0) is 10.4. The van der Waals surface area contributed by atoms with E-state index in [0.717, 1.165) is 19.1 Å². The third kappa shape index (κ3) is 2.61. The summed E-state index contributed by atoms with van der Waals surface area (Å²) in [4.78, 5) is 12.2. The fourth-order valence-electron chi connectivity index (χ4n) is 1.31. The molecule has 76 valence electrons. The van der Waals surface area contributed by atoms with Crippen LogP contribution >= 0.6 is 11.8 Å². The molecule has 0 aliphatic carbocycles. The van der Waals surface area contributed by atoms with E-state index in [-0.39, 0.29) is 4.75 Å². The van der Waals surface area contributed by atoms with Crippen molar-refractivity contribution >= 4 is 18.0 Å². The van der Waals surface area contributed by atoms with Crippen molar-refractivity contribution in [2.45, 2.75) is 36.3 Å². The summed E-state index contributed by atoms with van der Waals surface area (Å²) in [6.07, 6.45) is 2.85. The van der Waals surface area contributed by atoms with Gasteiger partial charge in [-0.25, -0.2) is 0 Å². The Labute approximate surface area is 89.9 Å². The third-order valence-electron chi connectivity index (χ3n) is 2.48. The summed E-state index contributed by atoms with van der Waals surface area (Å²) in [6.45, 7) is 4.13. The molecular formula is C12H16OS. The van der Waals surface area contributed by atoms with Crippen molar-refractivity contribution in [3.63, 3.8) is 0 Å². The van der Waals surface area contributed by atoms with E-state index in [1.807, 2.05) is 30.3 Å². The van der Waals surface area contributed by atoms with E-state index in [0.29, 0.717) is 0 Å². The Kier molecular flexibility index (Phi) is 4.21. The average molecular weight is 208 g/mol. The summed E-state index contributed by atoms with van der Waals surface area (Å²) >= 11 is 1.67. The number of carbonyl (C=O) groups is 1. The van der Waals surface area contributed by atoms with Crippen LogP contribution in [0.5, 0.6) is 0 Å². The number of carbonyl (C=O) groups excluding carboxylic acids is 1. The van der Waals surface area contributed by atoms with Crippen molar-refractivity contribution in [1.29, 1.82) is 0 Å². The van der Waals surface area contributed by atoms with Crippen molar-refractivity contribution in [3.05, 3.63) is 30.3 Å². The fourth-order valence-corrected chi connectivity index (χ4v) is 2.41. The molecule has 0 heterocycles. The van der Waals surface area contributed by atoms with Crippen LogP contribution in [0, 0.1) is 0 Å². The lowest BCUT2D eigenvalue weighted by atomic mass is 10.1. The van der Waals surface area contributed by atoms with Crippen LogP contribution < -0.4 is 0 Å². The summed E-state index contributed by atoms with van der Waals surface area (Å²) < 4.78 is -0.235. The molecule has 1 nitrogen and oxygen atoms in total. The molecule has 0 aliphatic heterocycles. The van der Waals surface area contributed by atoms with Gasteiger partial charge in [0, 0.05) is 4.90 Å². The average Bonchev–Trinajstić information content (AvgIpc) is 2.28. The second-order valence-corrected chi connectivity index (χ2v) is 4.79. The summed E-state index contributed by atoms with van der Waals surface area (Å²) in [5.41, 5.74) is 0. The molecule has 2 heteroatoms. The molecule has 1 aromatic rings. The molecule has 0 saturated heterocycles. The lowest BCUT2D eigenvalue weighted by Gasteiger charge is -2.23. The molecule has 1 aromatic carbocycles. The molecule has 0 bridgehead atoms. The topological polar surface area (TPSA) is 17.1 Å². The molecule has 0 saturated carbocycles. The molecular weight excluding hydrogens is 192 g/mol. The number of hydrogen-bond donors (Lipinski definition) is 0. The van der Waals surface area contributed by atoms with Gasteiger partial charge < -0.3 is 4.79 Å². The maximum absolute atomic E-state index is 11.1. The standard InChI is InChI=1S/C12H16OS/c1-3-12(4-2,10-13)14-11-8-6-5-7-9-11/h5-10H,3-4H2,1-2H3. The van der Waals surface area contributed by atoms with Crippen LogP contribution in [0.4, 0.5) is 0 Å². The highest BCUT2D eigenvalue weighted by Crippen LogP contribution is 2.36. The van der Waals surface area contributed by atoms with Gasteiger partial charge in [-0.05, 0) is 25.0 Å². The molecule has 14 heavy (non-hydrogen) atoms. The van der Waals surface area contributed by atoms with Gasteiger partial charge in [-0.3, -0.25) is 0 Å². The van der Waals surface area contributed by atoms with E-state index in [9.17, 15) is 4.79 Å². The van der Waals surface area contributed by atoms with Crippen molar-refractivity contribution in [2.24, 2.45) is 0 Å². The van der Waals surface area contributed by atoms with Crippen LogP contribution in [-0.2, 0) is 4.79 Å². The van der Waals surface area contributed by atoms with Gasteiger partial charge in [-0.15, -0.1) is 11.8 Å². The predicted molar refractivity (Wildman–Crippen MR) is 61.7 cm³/mol. The smallest absolute Gasteiger partial charge is 0.136 e. The van der Waals surface area contributed by atoms with Crippen LogP contribution in [-0.4, -0.2) is 11.0 Å². The largest absolute Gasteiger partial charge is 0.302 e. The Balaban J connectivity index is 2.79. The summed E-state index contributed by atoms with van der Waals surface area (Å²) in [7, 11) is 0. The minimum atomic E-state index is -0.235. The maximum Gasteiger partial charge on any atom is 0.136 e. The summed E-state index contributed by atoms with van der Waals surface area (Å²) in [5.74, 6) is 0. The van der Waals surface area contributed by atoms with Gasteiger partial charge in [0.15, 0.2) is 0 Å². The van der Waals surface area contributed by atoms with Gasteiger partial charge in [0.25, 0.3) is 0 Å². The molecule has 0 unspecified atom stereocenters. The van der Waals surface area contributed by atoms with E-state index >= 15 is 0 Å². The second kappa shape index (κ2) is 5.20. The SMILES string of the molecule is CCC(C=O)(CC)Sc1ccccc1. The molecule has 1 rings (SSSR count). The van der Waals surface area contributed by atoms with Gasteiger partial charge in [-0.2, -0.15) is 0 Å². The zero-order valence-corrected chi connectivity index (χ0v) is 9.51. The zero-order valence-electron chi connectivity index (χ0n) is 8.69.